The molecule has 2 unspecified atom stereocenters. The number of nitrogens with one attached hydrogen (secondary N) is 2. The van der Waals surface area contributed by atoms with E-state index >= 15 is 0 Å². The van der Waals surface area contributed by atoms with E-state index in [1.807, 2.05) is 0 Å². The van der Waals surface area contributed by atoms with Gasteiger partial charge in [0.2, 0.25) is 15.9 Å². The van der Waals surface area contributed by atoms with Crippen LogP contribution in [0.2, 0.25) is 0 Å². The molecule has 1 aliphatic rings. The maximum atomic E-state index is 11.8. The molecule has 3 N–H and O–H groups in total. The zero-order chi connectivity index (χ0) is 14.6. The van der Waals surface area contributed by atoms with Gasteiger partial charge in [-0.05, 0) is 32.1 Å². The molecule has 0 bridgehead atoms. The summed E-state index contributed by atoms with van der Waals surface area (Å²) in [4.78, 5) is 22.7. The van der Waals surface area contributed by atoms with Gasteiger partial charge >= 0.3 is 5.97 Å². The van der Waals surface area contributed by atoms with Crippen LogP contribution < -0.4 is 10.0 Å². The lowest BCUT2D eigenvalue weighted by atomic mass is 10.2. The highest BCUT2D eigenvalue weighted by Gasteiger charge is 2.38. The molecular formula is C11H20N2O5S. The Labute approximate surface area is 112 Å². The normalized spacial score (nSPS) is 18.6. The Balaban J connectivity index is 2.54. The van der Waals surface area contributed by atoms with Gasteiger partial charge in [-0.3, -0.25) is 4.79 Å². The Bertz CT molecular complexity index is 444. The van der Waals surface area contributed by atoms with E-state index in [1.165, 1.54) is 6.92 Å². The molecule has 0 aromatic rings. The second kappa shape index (κ2) is 6.33. The Morgan fingerprint density at radius 2 is 1.95 bits per heavy atom. The summed E-state index contributed by atoms with van der Waals surface area (Å²) in [6.07, 6.45) is 1.99. The highest BCUT2D eigenvalue weighted by atomic mass is 32.2. The molecule has 110 valence electrons. The lowest BCUT2D eigenvalue weighted by Crippen LogP contribution is -2.51. The van der Waals surface area contributed by atoms with Gasteiger partial charge in [0.25, 0.3) is 0 Å². The number of amides is 1. The number of carbonyl (C=O) groups excluding carboxylic acids is 1. The third-order valence-electron chi connectivity index (χ3n) is 2.88. The molecule has 1 saturated carbocycles. The van der Waals surface area contributed by atoms with Crippen molar-refractivity contribution in [1.82, 2.24) is 10.0 Å². The van der Waals surface area contributed by atoms with E-state index < -0.39 is 34.0 Å². The maximum Gasteiger partial charge on any atom is 0.326 e. The number of rotatable bonds is 8. The zero-order valence-electron chi connectivity index (χ0n) is 11.0. The van der Waals surface area contributed by atoms with Crippen molar-refractivity contribution in [2.45, 2.75) is 45.2 Å². The van der Waals surface area contributed by atoms with Crippen LogP contribution in [-0.4, -0.2) is 43.2 Å². The van der Waals surface area contributed by atoms with Gasteiger partial charge in [-0.25, -0.2) is 17.9 Å². The van der Waals surface area contributed by atoms with E-state index in [0.717, 1.165) is 12.8 Å². The van der Waals surface area contributed by atoms with Crippen molar-refractivity contribution in [2.75, 3.05) is 5.75 Å². The van der Waals surface area contributed by atoms with Gasteiger partial charge in [-0.15, -0.1) is 0 Å². The fraction of sp³-hybridized carbons (Fsp3) is 0.818. The predicted octanol–water partition coefficient (Wildman–Crippen LogP) is -0.316. The second-order valence-electron chi connectivity index (χ2n) is 4.82. The fourth-order valence-electron chi connectivity index (χ4n) is 1.74. The van der Waals surface area contributed by atoms with Crippen LogP contribution in [0, 0.1) is 5.92 Å². The number of carboxylic acid groups (broad SMARTS) is 1. The number of carbonyl (C=O) groups is 2. The molecule has 0 aromatic carbocycles. The molecule has 7 nitrogen and oxygen atoms in total. The molecule has 0 aliphatic heterocycles. The van der Waals surface area contributed by atoms with E-state index in [-0.39, 0.29) is 11.7 Å². The topological polar surface area (TPSA) is 113 Å². The standard InChI is InChI=1S/C11H20N2O5S/c1-3-6-19(17,18)13-7(2)10(14)12-9(11(15)16)8-4-5-8/h7-9,13H,3-6H2,1-2H3,(H,12,14)(H,15,16). The Morgan fingerprint density at radius 3 is 2.37 bits per heavy atom. The lowest BCUT2D eigenvalue weighted by molar-refractivity contribution is -0.142. The van der Waals surface area contributed by atoms with Crippen molar-refractivity contribution in [3.05, 3.63) is 0 Å². The second-order valence-corrected chi connectivity index (χ2v) is 6.69. The molecule has 0 heterocycles. The highest BCUT2D eigenvalue weighted by molar-refractivity contribution is 7.89. The summed E-state index contributed by atoms with van der Waals surface area (Å²) in [5.41, 5.74) is 0. The number of aliphatic carboxylic acids is 1. The summed E-state index contributed by atoms with van der Waals surface area (Å²) >= 11 is 0. The van der Waals surface area contributed by atoms with Crippen molar-refractivity contribution in [3.8, 4) is 0 Å². The molecule has 1 aliphatic carbocycles. The van der Waals surface area contributed by atoms with Gasteiger partial charge < -0.3 is 10.4 Å². The SMILES string of the molecule is CCCS(=O)(=O)NC(C)C(=O)NC(C(=O)O)C1CC1. The van der Waals surface area contributed by atoms with E-state index in [9.17, 15) is 18.0 Å². The largest absolute Gasteiger partial charge is 0.480 e. The predicted molar refractivity (Wildman–Crippen MR) is 69.0 cm³/mol. The molecular weight excluding hydrogens is 272 g/mol. The fourth-order valence-corrected chi connectivity index (χ4v) is 3.04. The van der Waals surface area contributed by atoms with E-state index in [4.69, 9.17) is 5.11 Å². The zero-order valence-corrected chi connectivity index (χ0v) is 11.9. The van der Waals surface area contributed by atoms with Crippen LogP contribution in [0.1, 0.15) is 33.1 Å². The quantitative estimate of drug-likeness (QED) is 0.568. The lowest BCUT2D eigenvalue weighted by Gasteiger charge is -2.18. The van der Waals surface area contributed by atoms with Gasteiger partial charge in [0.05, 0.1) is 11.8 Å². The van der Waals surface area contributed by atoms with Crippen LogP contribution in [0.25, 0.3) is 0 Å². The number of carboxylic acids is 1. The average molecular weight is 292 g/mol. The van der Waals surface area contributed by atoms with Gasteiger partial charge in [0.1, 0.15) is 6.04 Å². The first kappa shape index (κ1) is 15.9. The highest BCUT2D eigenvalue weighted by Crippen LogP contribution is 2.32. The third-order valence-corrected chi connectivity index (χ3v) is 4.54. The minimum atomic E-state index is -3.49. The van der Waals surface area contributed by atoms with Crippen LogP contribution in [0.4, 0.5) is 0 Å². The van der Waals surface area contributed by atoms with Crippen LogP contribution >= 0.6 is 0 Å². The Kier molecular flexibility index (Phi) is 5.30. The van der Waals surface area contributed by atoms with Crippen LogP contribution in [0.3, 0.4) is 0 Å². The van der Waals surface area contributed by atoms with Crippen LogP contribution in [0.15, 0.2) is 0 Å². The summed E-state index contributed by atoms with van der Waals surface area (Å²) in [5.74, 6) is -1.80. The van der Waals surface area contributed by atoms with Crippen molar-refractivity contribution in [2.24, 2.45) is 5.92 Å². The maximum absolute atomic E-state index is 11.8. The van der Waals surface area contributed by atoms with Crippen molar-refractivity contribution < 1.29 is 23.1 Å². The summed E-state index contributed by atoms with van der Waals surface area (Å²) in [6, 6.07) is -1.90. The molecule has 2 atom stereocenters. The van der Waals surface area contributed by atoms with Gasteiger partial charge in [-0.1, -0.05) is 6.92 Å². The first-order chi connectivity index (χ1) is 8.76. The van der Waals surface area contributed by atoms with E-state index in [0.29, 0.717) is 6.42 Å². The van der Waals surface area contributed by atoms with Crippen LogP contribution in [-0.2, 0) is 19.6 Å². The molecule has 0 spiro atoms. The number of hydrogen-bond donors (Lipinski definition) is 3. The van der Waals surface area contributed by atoms with Crippen molar-refractivity contribution in [3.63, 3.8) is 0 Å². The van der Waals surface area contributed by atoms with E-state index in [1.54, 1.807) is 6.92 Å². The smallest absolute Gasteiger partial charge is 0.326 e. The number of sulfonamides is 1. The monoisotopic (exact) mass is 292 g/mol. The molecule has 19 heavy (non-hydrogen) atoms. The van der Waals surface area contributed by atoms with Crippen molar-refractivity contribution in [1.29, 1.82) is 0 Å². The Morgan fingerprint density at radius 1 is 1.37 bits per heavy atom. The summed E-state index contributed by atoms with van der Waals surface area (Å²) in [5, 5.41) is 11.4. The van der Waals surface area contributed by atoms with Crippen LogP contribution in [0.5, 0.6) is 0 Å². The summed E-state index contributed by atoms with van der Waals surface area (Å²) in [6.45, 7) is 3.12. The molecule has 0 aromatic heterocycles. The molecule has 1 rings (SSSR count). The first-order valence-corrected chi connectivity index (χ1v) is 7.95. The van der Waals surface area contributed by atoms with Crippen molar-refractivity contribution >= 4 is 21.9 Å². The summed E-state index contributed by atoms with van der Waals surface area (Å²) in [7, 11) is -3.49. The minimum Gasteiger partial charge on any atom is -0.480 e. The van der Waals surface area contributed by atoms with Gasteiger partial charge in [0.15, 0.2) is 0 Å². The van der Waals surface area contributed by atoms with E-state index in [2.05, 4.69) is 10.0 Å². The Hall–Kier alpha value is -1.15. The average Bonchev–Trinajstić information content (AvgIpc) is 3.07. The van der Waals surface area contributed by atoms with Gasteiger partial charge in [-0.2, -0.15) is 0 Å². The summed E-state index contributed by atoms with van der Waals surface area (Å²) < 4.78 is 25.2. The minimum absolute atomic E-state index is 0.0408. The molecule has 1 amide bonds. The molecule has 0 saturated heterocycles. The first-order valence-electron chi connectivity index (χ1n) is 6.30. The number of hydrogen-bond acceptors (Lipinski definition) is 4. The molecule has 0 radical (unpaired) electrons. The molecule has 1 fully saturated rings. The third kappa shape index (κ3) is 5.15. The van der Waals surface area contributed by atoms with Gasteiger partial charge in [0, 0.05) is 0 Å². The molecule has 8 heteroatoms.